The Balaban J connectivity index is 1.19. The molecule has 5 fully saturated rings. The number of hydrogen-bond acceptors (Lipinski definition) is 5. The van der Waals surface area contributed by atoms with Crippen LogP contribution in [0.25, 0.3) is 0 Å². The van der Waals surface area contributed by atoms with Crippen LogP contribution in [0.5, 0.6) is 0 Å². The first-order chi connectivity index (χ1) is 14.4. The minimum absolute atomic E-state index is 0.00719. The summed E-state index contributed by atoms with van der Waals surface area (Å²) in [6, 6.07) is 0. The molecule has 6 rings (SSSR count). The average molecular weight is 417 g/mol. The van der Waals surface area contributed by atoms with Crippen molar-refractivity contribution >= 4 is 11.5 Å². The number of hydrogen-bond donors (Lipinski definition) is 2. The number of alkyl halides is 1. The van der Waals surface area contributed by atoms with Gasteiger partial charge in [-0.3, -0.25) is 4.79 Å². The highest BCUT2D eigenvalue weighted by atomic mass is 19.1. The zero-order valence-electron chi connectivity index (χ0n) is 17.8. The summed E-state index contributed by atoms with van der Waals surface area (Å²) >= 11 is 0. The normalized spacial score (nSPS) is 51.3. The predicted octanol–water partition coefficient (Wildman–Crippen LogP) is 4.38. The van der Waals surface area contributed by atoms with Crippen LogP contribution in [0.2, 0.25) is 0 Å². The maximum Gasteiger partial charge on any atom is 0.155 e. The monoisotopic (exact) mass is 416 g/mol. The lowest BCUT2D eigenvalue weighted by molar-refractivity contribution is -0.153. The largest absolute Gasteiger partial charge is 0.390 e. The molecule has 5 nitrogen and oxygen atoms in total. The number of Topliss-reactive ketones (excluding diaryl/α,β-unsaturated/α-hetero) is 1. The van der Waals surface area contributed by atoms with Crippen LogP contribution in [0.15, 0.2) is 17.0 Å². The van der Waals surface area contributed by atoms with E-state index in [-0.39, 0.29) is 34.9 Å². The van der Waals surface area contributed by atoms with E-state index in [1.165, 1.54) is 6.26 Å². The topological polar surface area (TPSA) is 75.4 Å². The number of nitrogens with one attached hydrogen (secondary N) is 1. The Morgan fingerprint density at radius 2 is 2.00 bits per heavy atom. The summed E-state index contributed by atoms with van der Waals surface area (Å²) in [6.45, 7) is 2.61. The number of nitrogens with zero attached hydrogens (tertiary/aromatic N) is 1. The van der Waals surface area contributed by atoms with E-state index in [1.807, 2.05) is 0 Å². The molecule has 0 aromatic carbocycles. The molecule has 0 aliphatic heterocycles. The van der Waals surface area contributed by atoms with Crippen molar-refractivity contribution in [2.45, 2.75) is 76.0 Å². The first kappa shape index (κ1) is 19.3. The van der Waals surface area contributed by atoms with E-state index in [4.69, 9.17) is 4.52 Å². The lowest BCUT2D eigenvalue weighted by Crippen LogP contribution is -2.57. The SMILES string of the molecule is C[C@]12CC[C@H]3[C@@H](CC[C@@H]4C5C[C@@]5(O)CC[C@@]43F)[C@@H]1CC[C@@H]2C(=O)CNc1cnoc1. The summed E-state index contributed by atoms with van der Waals surface area (Å²) in [4.78, 5) is 13.1. The van der Waals surface area contributed by atoms with Gasteiger partial charge >= 0.3 is 0 Å². The van der Waals surface area contributed by atoms with Crippen molar-refractivity contribution in [1.82, 2.24) is 5.16 Å². The van der Waals surface area contributed by atoms with Gasteiger partial charge in [0, 0.05) is 5.92 Å². The Hall–Kier alpha value is -1.43. The van der Waals surface area contributed by atoms with Crippen molar-refractivity contribution in [3.63, 3.8) is 0 Å². The molecule has 1 heterocycles. The molecule has 6 heteroatoms. The van der Waals surface area contributed by atoms with Crippen molar-refractivity contribution < 1.29 is 18.8 Å². The Labute approximate surface area is 177 Å². The fourth-order valence-electron chi connectivity index (χ4n) is 8.75. The standard InChI is InChI=1S/C24H33FN2O3/c1-22-7-6-17-15(2-3-18-20-10-23(20,29)8-9-24(17,18)25)16(22)4-5-19(22)21(28)12-26-14-11-27-30-13-14/h11,13,15-20,26,29H,2-10,12H2,1H3/t15-,16-,17-,18+,19+,20?,22-,23-,24-/m0/s1. The predicted molar refractivity (Wildman–Crippen MR) is 109 cm³/mol. The summed E-state index contributed by atoms with van der Waals surface area (Å²) in [6.07, 6.45) is 10.9. The molecule has 0 saturated heterocycles. The maximum atomic E-state index is 16.5. The molecule has 0 amide bonds. The van der Waals surface area contributed by atoms with Gasteiger partial charge in [0.2, 0.25) is 0 Å². The third kappa shape index (κ3) is 2.55. The summed E-state index contributed by atoms with van der Waals surface area (Å²) < 4.78 is 21.3. The van der Waals surface area contributed by atoms with E-state index >= 15 is 4.39 Å². The van der Waals surface area contributed by atoms with Crippen molar-refractivity contribution in [2.75, 3.05) is 11.9 Å². The molecule has 9 atom stereocenters. The molecule has 2 N–H and O–H groups in total. The number of aliphatic hydroxyl groups is 1. The van der Waals surface area contributed by atoms with Gasteiger partial charge in [-0.1, -0.05) is 12.1 Å². The van der Waals surface area contributed by atoms with E-state index in [2.05, 4.69) is 17.4 Å². The van der Waals surface area contributed by atoms with Crippen LogP contribution in [0.4, 0.5) is 10.1 Å². The Morgan fingerprint density at radius 3 is 2.80 bits per heavy atom. The number of carbonyl (C=O) groups is 1. The molecule has 30 heavy (non-hydrogen) atoms. The van der Waals surface area contributed by atoms with Crippen LogP contribution in [-0.4, -0.2) is 33.9 Å². The molecular formula is C24H33FN2O3. The molecule has 1 unspecified atom stereocenters. The number of ketones is 1. The second kappa shape index (κ2) is 6.30. The molecule has 164 valence electrons. The lowest BCUT2D eigenvalue weighted by Gasteiger charge is -2.58. The lowest BCUT2D eigenvalue weighted by atomic mass is 9.48. The average Bonchev–Trinajstić information content (AvgIpc) is 3.07. The molecule has 0 radical (unpaired) electrons. The number of rotatable bonds is 4. The summed E-state index contributed by atoms with van der Waals surface area (Å²) in [5.74, 6) is 1.57. The van der Waals surface area contributed by atoms with Gasteiger partial charge in [0.15, 0.2) is 5.78 Å². The van der Waals surface area contributed by atoms with E-state index < -0.39 is 11.3 Å². The van der Waals surface area contributed by atoms with Crippen LogP contribution in [-0.2, 0) is 4.79 Å². The molecule has 1 aromatic heterocycles. The number of fused-ring (bicyclic) bond motifs is 7. The van der Waals surface area contributed by atoms with Gasteiger partial charge in [0.05, 0.1) is 24.0 Å². The minimum atomic E-state index is -1.09. The number of carbonyl (C=O) groups excluding carboxylic acids is 1. The molecule has 1 aromatic rings. The fourth-order valence-corrected chi connectivity index (χ4v) is 8.75. The minimum Gasteiger partial charge on any atom is -0.390 e. The van der Waals surface area contributed by atoms with Gasteiger partial charge in [-0.2, -0.15) is 0 Å². The molecule has 0 spiro atoms. The third-order valence-corrected chi connectivity index (χ3v) is 10.3. The summed E-state index contributed by atoms with van der Waals surface area (Å²) in [7, 11) is 0. The van der Waals surface area contributed by atoms with E-state index in [1.54, 1.807) is 6.20 Å². The summed E-state index contributed by atoms with van der Waals surface area (Å²) in [5, 5.41) is 17.4. The first-order valence-electron chi connectivity index (χ1n) is 11.9. The third-order valence-electron chi connectivity index (χ3n) is 10.3. The second-order valence-electron chi connectivity index (χ2n) is 11.3. The van der Waals surface area contributed by atoms with E-state index in [0.29, 0.717) is 31.2 Å². The first-order valence-corrected chi connectivity index (χ1v) is 11.9. The van der Waals surface area contributed by atoms with E-state index in [0.717, 1.165) is 50.6 Å². The van der Waals surface area contributed by atoms with Crippen molar-refractivity contribution in [3.05, 3.63) is 12.5 Å². The number of anilines is 1. The quantitative estimate of drug-likeness (QED) is 0.762. The van der Waals surface area contributed by atoms with Gasteiger partial charge < -0.3 is 14.9 Å². The molecule has 5 saturated carbocycles. The molecule has 0 bridgehead atoms. The highest BCUT2D eigenvalue weighted by Gasteiger charge is 2.71. The second-order valence-corrected chi connectivity index (χ2v) is 11.3. The fraction of sp³-hybridized carbons (Fsp3) is 0.833. The number of halogens is 1. The van der Waals surface area contributed by atoms with Crippen LogP contribution in [0.3, 0.4) is 0 Å². The highest BCUT2D eigenvalue weighted by molar-refractivity contribution is 5.86. The smallest absolute Gasteiger partial charge is 0.155 e. The van der Waals surface area contributed by atoms with E-state index in [9.17, 15) is 9.90 Å². The van der Waals surface area contributed by atoms with Gasteiger partial charge in [-0.25, -0.2) is 4.39 Å². The van der Waals surface area contributed by atoms with Crippen molar-refractivity contribution in [1.29, 1.82) is 0 Å². The van der Waals surface area contributed by atoms with Gasteiger partial charge in [-0.15, -0.1) is 0 Å². The van der Waals surface area contributed by atoms with Crippen LogP contribution < -0.4 is 5.32 Å². The Morgan fingerprint density at radius 1 is 1.17 bits per heavy atom. The van der Waals surface area contributed by atoms with Crippen LogP contribution >= 0.6 is 0 Å². The van der Waals surface area contributed by atoms with Crippen LogP contribution in [0.1, 0.15) is 64.7 Å². The Bertz CT molecular complexity index is 846. The highest BCUT2D eigenvalue weighted by Crippen LogP contribution is 2.70. The number of aromatic nitrogens is 1. The van der Waals surface area contributed by atoms with Crippen molar-refractivity contribution in [2.24, 2.45) is 40.9 Å². The molecule has 5 aliphatic rings. The van der Waals surface area contributed by atoms with Crippen LogP contribution in [0, 0.1) is 40.9 Å². The zero-order chi connectivity index (χ0) is 20.7. The van der Waals surface area contributed by atoms with Gasteiger partial charge in [-0.05, 0) is 92.8 Å². The zero-order valence-corrected chi connectivity index (χ0v) is 17.8. The van der Waals surface area contributed by atoms with Gasteiger partial charge in [0.25, 0.3) is 0 Å². The molecule has 5 aliphatic carbocycles. The summed E-state index contributed by atoms with van der Waals surface area (Å²) in [5.41, 5.74) is -0.900. The maximum absolute atomic E-state index is 16.5. The van der Waals surface area contributed by atoms with Crippen molar-refractivity contribution in [3.8, 4) is 0 Å². The molecular weight excluding hydrogens is 383 g/mol. The Kier molecular flexibility index (Phi) is 4.05. The van der Waals surface area contributed by atoms with Gasteiger partial charge in [0.1, 0.15) is 11.9 Å².